The Hall–Kier alpha value is -3.37. The number of rotatable bonds is 6. The Morgan fingerprint density at radius 2 is 1.82 bits per heavy atom. The predicted octanol–water partition coefficient (Wildman–Crippen LogP) is 0.956. The van der Waals surface area contributed by atoms with Crippen LogP contribution in [0, 0.1) is 0 Å². The van der Waals surface area contributed by atoms with Crippen LogP contribution in [0.25, 0.3) is 16.6 Å². The van der Waals surface area contributed by atoms with Crippen LogP contribution in [0.5, 0.6) is 0 Å². The first-order chi connectivity index (χ1) is 13.5. The van der Waals surface area contributed by atoms with Crippen LogP contribution in [0.2, 0.25) is 0 Å². The molecule has 2 heterocycles. The maximum atomic E-state index is 12.6. The summed E-state index contributed by atoms with van der Waals surface area (Å²) in [7, 11) is -3.71. The minimum Gasteiger partial charge on any atom is -0.268 e. The van der Waals surface area contributed by atoms with Crippen LogP contribution in [0.1, 0.15) is 0 Å². The summed E-state index contributed by atoms with van der Waals surface area (Å²) in [6.45, 7) is 0.0943. The van der Waals surface area contributed by atoms with Gasteiger partial charge in [-0.3, -0.25) is 4.79 Å². The quantitative estimate of drug-likeness (QED) is 0.519. The van der Waals surface area contributed by atoms with Crippen molar-refractivity contribution in [3.05, 3.63) is 77.6 Å². The van der Waals surface area contributed by atoms with E-state index >= 15 is 0 Å². The van der Waals surface area contributed by atoms with Crippen molar-refractivity contribution in [2.75, 3.05) is 6.54 Å². The molecule has 28 heavy (non-hydrogen) atoms. The Bertz CT molecular complexity index is 1280. The molecule has 0 spiro atoms. The molecule has 4 rings (SSSR count). The van der Waals surface area contributed by atoms with Gasteiger partial charge in [-0.25, -0.2) is 27.5 Å². The van der Waals surface area contributed by atoms with E-state index in [-0.39, 0.29) is 23.5 Å². The summed E-state index contributed by atoms with van der Waals surface area (Å²) < 4.78 is 30.2. The van der Waals surface area contributed by atoms with Gasteiger partial charge in [-0.15, -0.1) is 5.10 Å². The van der Waals surface area contributed by atoms with E-state index in [1.54, 1.807) is 18.2 Å². The van der Waals surface area contributed by atoms with E-state index in [4.69, 9.17) is 0 Å². The van der Waals surface area contributed by atoms with Crippen LogP contribution in [0.4, 0.5) is 0 Å². The van der Waals surface area contributed by atoms with Crippen molar-refractivity contribution in [3.8, 4) is 5.82 Å². The van der Waals surface area contributed by atoms with E-state index in [2.05, 4.69) is 19.9 Å². The Morgan fingerprint density at radius 1 is 1.00 bits per heavy atom. The van der Waals surface area contributed by atoms with E-state index in [9.17, 15) is 13.2 Å². The molecule has 0 saturated heterocycles. The summed E-state index contributed by atoms with van der Waals surface area (Å²) in [6.07, 6.45) is 2.81. The molecular formula is C18H16N6O3S. The highest BCUT2D eigenvalue weighted by Gasteiger charge is 2.14. The van der Waals surface area contributed by atoms with Crippen molar-refractivity contribution in [1.82, 2.24) is 29.3 Å². The van der Waals surface area contributed by atoms with Crippen LogP contribution in [0.3, 0.4) is 0 Å². The second-order valence-electron chi connectivity index (χ2n) is 6.00. The molecule has 0 fully saturated rings. The van der Waals surface area contributed by atoms with Gasteiger partial charge in [0.25, 0.3) is 5.56 Å². The standard InChI is InChI=1S/C18H16N6O3S/c25-18-8-7-17(24-13-19-12-20-24)22-23(18)10-9-21-28(26,27)16-6-5-14-3-1-2-4-15(14)11-16/h1-8,11-13,21H,9-10H2. The van der Waals surface area contributed by atoms with Crippen LogP contribution >= 0.6 is 0 Å². The summed E-state index contributed by atoms with van der Waals surface area (Å²) in [4.78, 5) is 16.0. The Labute approximate surface area is 160 Å². The smallest absolute Gasteiger partial charge is 0.266 e. The lowest BCUT2D eigenvalue weighted by Crippen LogP contribution is -2.32. The number of sulfonamides is 1. The van der Waals surface area contributed by atoms with E-state index < -0.39 is 10.0 Å². The summed E-state index contributed by atoms with van der Waals surface area (Å²) in [5.41, 5.74) is -0.339. The number of fused-ring (bicyclic) bond motifs is 1. The molecule has 0 atom stereocenters. The highest BCUT2D eigenvalue weighted by molar-refractivity contribution is 7.89. The molecule has 142 valence electrons. The molecule has 4 aromatic rings. The van der Waals surface area contributed by atoms with E-state index in [1.165, 1.54) is 34.2 Å². The summed E-state index contributed by atoms with van der Waals surface area (Å²) >= 11 is 0. The van der Waals surface area contributed by atoms with Crippen LogP contribution < -0.4 is 10.3 Å². The highest BCUT2D eigenvalue weighted by atomic mass is 32.2. The van der Waals surface area contributed by atoms with Crippen LogP contribution in [-0.4, -0.2) is 39.5 Å². The molecule has 2 aromatic carbocycles. The average Bonchev–Trinajstić information content (AvgIpc) is 3.24. The van der Waals surface area contributed by atoms with Crippen molar-refractivity contribution >= 4 is 20.8 Å². The van der Waals surface area contributed by atoms with Gasteiger partial charge in [0.15, 0.2) is 5.82 Å². The van der Waals surface area contributed by atoms with Crippen molar-refractivity contribution in [1.29, 1.82) is 0 Å². The molecular weight excluding hydrogens is 380 g/mol. The number of hydrogen-bond donors (Lipinski definition) is 1. The molecule has 10 heteroatoms. The van der Waals surface area contributed by atoms with E-state index in [1.807, 2.05) is 24.3 Å². The number of nitrogens with one attached hydrogen (secondary N) is 1. The molecule has 2 aromatic heterocycles. The van der Waals surface area contributed by atoms with Crippen molar-refractivity contribution < 1.29 is 8.42 Å². The summed E-state index contributed by atoms with van der Waals surface area (Å²) in [5, 5.41) is 9.93. The number of aromatic nitrogens is 5. The predicted molar refractivity (Wildman–Crippen MR) is 103 cm³/mol. The second kappa shape index (κ2) is 7.33. The van der Waals surface area contributed by atoms with Crippen molar-refractivity contribution in [2.24, 2.45) is 0 Å². The molecule has 0 aliphatic rings. The molecule has 0 aliphatic carbocycles. The van der Waals surface area contributed by atoms with E-state index in [0.717, 1.165) is 10.8 Å². The fraction of sp³-hybridized carbons (Fsp3) is 0.111. The van der Waals surface area contributed by atoms with E-state index in [0.29, 0.717) is 5.82 Å². The molecule has 0 amide bonds. The van der Waals surface area contributed by atoms with Gasteiger partial charge < -0.3 is 0 Å². The molecule has 1 N–H and O–H groups in total. The van der Waals surface area contributed by atoms with Gasteiger partial charge in [0.2, 0.25) is 10.0 Å². The monoisotopic (exact) mass is 396 g/mol. The Kier molecular flexibility index (Phi) is 4.72. The molecule has 0 radical (unpaired) electrons. The number of benzene rings is 2. The second-order valence-corrected chi connectivity index (χ2v) is 7.77. The zero-order valence-corrected chi connectivity index (χ0v) is 15.5. The third kappa shape index (κ3) is 3.68. The van der Waals surface area contributed by atoms with Gasteiger partial charge in [0.1, 0.15) is 12.7 Å². The maximum Gasteiger partial charge on any atom is 0.266 e. The molecule has 0 saturated carbocycles. The van der Waals surface area contributed by atoms with Gasteiger partial charge in [0, 0.05) is 12.6 Å². The average molecular weight is 396 g/mol. The first-order valence-corrected chi connectivity index (χ1v) is 9.93. The van der Waals surface area contributed by atoms with Crippen LogP contribution in [0.15, 0.2) is 76.9 Å². The lowest BCUT2D eigenvalue weighted by Gasteiger charge is -2.09. The zero-order chi connectivity index (χ0) is 19.6. The fourth-order valence-electron chi connectivity index (χ4n) is 2.75. The summed E-state index contributed by atoms with van der Waals surface area (Å²) in [6, 6.07) is 15.3. The lowest BCUT2D eigenvalue weighted by atomic mass is 10.1. The topological polar surface area (TPSA) is 112 Å². The number of nitrogens with zero attached hydrogens (tertiary/aromatic N) is 5. The largest absolute Gasteiger partial charge is 0.268 e. The highest BCUT2D eigenvalue weighted by Crippen LogP contribution is 2.18. The Balaban J connectivity index is 1.49. The zero-order valence-electron chi connectivity index (χ0n) is 14.6. The molecule has 0 aliphatic heterocycles. The van der Waals surface area contributed by atoms with Gasteiger partial charge in [-0.05, 0) is 29.0 Å². The van der Waals surface area contributed by atoms with Crippen LogP contribution in [-0.2, 0) is 16.6 Å². The first kappa shape index (κ1) is 18.0. The molecule has 9 nitrogen and oxygen atoms in total. The van der Waals surface area contributed by atoms with Gasteiger partial charge in [-0.1, -0.05) is 30.3 Å². The lowest BCUT2D eigenvalue weighted by molar-refractivity contribution is 0.542. The summed E-state index contributed by atoms with van der Waals surface area (Å²) in [5.74, 6) is 0.412. The Morgan fingerprint density at radius 3 is 2.61 bits per heavy atom. The maximum absolute atomic E-state index is 12.6. The third-order valence-electron chi connectivity index (χ3n) is 4.15. The molecule has 0 unspecified atom stereocenters. The van der Waals surface area contributed by atoms with Gasteiger partial charge in [0.05, 0.1) is 11.4 Å². The normalized spacial score (nSPS) is 11.7. The fourth-order valence-corrected chi connectivity index (χ4v) is 3.81. The van der Waals surface area contributed by atoms with Gasteiger partial charge >= 0.3 is 0 Å². The SMILES string of the molecule is O=c1ccc(-n2cncn2)nn1CCNS(=O)(=O)c1ccc2ccccc2c1. The molecule has 0 bridgehead atoms. The number of hydrogen-bond acceptors (Lipinski definition) is 6. The third-order valence-corrected chi connectivity index (χ3v) is 5.61. The van der Waals surface area contributed by atoms with Gasteiger partial charge in [-0.2, -0.15) is 5.10 Å². The van der Waals surface area contributed by atoms with Crippen molar-refractivity contribution in [3.63, 3.8) is 0 Å². The minimum atomic E-state index is -3.71. The minimum absolute atomic E-state index is 0.0167. The first-order valence-electron chi connectivity index (χ1n) is 8.45. The van der Waals surface area contributed by atoms with Crippen molar-refractivity contribution in [2.45, 2.75) is 11.4 Å².